The van der Waals surface area contributed by atoms with Gasteiger partial charge in [0, 0.05) is 0 Å². The molecule has 0 saturated carbocycles. The van der Waals surface area contributed by atoms with Crippen LogP contribution < -0.4 is 14.8 Å². The molecule has 0 saturated heterocycles. The first-order chi connectivity index (χ1) is 14.1. The smallest absolute Gasteiger partial charge is 0.255 e. The second-order valence-electron chi connectivity index (χ2n) is 7.26. The van der Waals surface area contributed by atoms with E-state index in [0.717, 1.165) is 25.0 Å². The number of nitrogens with one attached hydrogen (secondary N) is 1. The van der Waals surface area contributed by atoms with Crippen molar-refractivity contribution in [2.75, 3.05) is 7.11 Å². The first kappa shape index (κ1) is 19.1. The van der Waals surface area contributed by atoms with E-state index in [9.17, 15) is 4.79 Å². The number of benzene rings is 2. The van der Waals surface area contributed by atoms with Crippen molar-refractivity contribution in [1.29, 1.82) is 0 Å². The third kappa shape index (κ3) is 4.29. The van der Waals surface area contributed by atoms with Gasteiger partial charge in [0.05, 0.1) is 18.7 Å². The zero-order valence-electron chi connectivity index (χ0n) is 16.7. The molecule has 0 unspecified atom stereocenters. The quantitative estimate of drug-likeness (QED) is 0.644. The van der Waals surface area contributed by atoms with Gasteiger partial charge >= 0.3 is 0 Å². The van der Waals surface area contributed by atoms with Crippen LogP contribution in [0.3, 0.4) is 0 Å². The lowest BCUT2D eigenvalue weighted by Gasteiger charge is -2.26. The molecule has 0 bridgehead atoms. The molecule has 1 amide bonds. The van der Waals surface area contributed by atoms with Gasteiger partial charge in [-0.2, -0.15) is 0 Å². The summed E-state index contributed by atoms with van der Waals surface area (Å²) in [6.45, 7) is 2.06. The Bertz CT molecular complexity index is 990. The molecule has 1 aliphatic rings. The van der Waals surface area contributed by atoms with Crippen LogP contribution in [0.15, 0.2) is 59.0 Å². The SMILES string of the molecule is COc1ccc(OCc2cc(C(=O)N[C@H]3CCCc4ccccc43)c(C)o2)cc1. The molecule has 4 rings (SSSR count). The summed E-state index contributed by atoms with van der Waals surface area (Å²) in [5.74, 6) is 2.59. The van der Waals surface area contributed by atoms with Crippen LogP contribution in [0, 0.1) is 6.92 Å². The van der Waals surface area contributed by atoms with Crippen LogP contribution in [-0.2, 0) is 13.0 Å². The summed E-state index contributed by atoms with van der Waals surface area (Å²) in [6, 6.07) is 17.5. The Kier molecular flexibility index (Phi) is 5.56. The van der Waals surface area contributed by atoms with E-state index in [1.807, 2.05) is 30.3 Å². The molecule has 2 aromatic carbocycles. The van der Waals surface area contributed by atoms with Crippen LogP contribution in [0.5, 0.6) is 11.5 Å². The van der Waals surface area contributed by atoms with Crippen LogP contribution in [0.25, 0.3) is 0 Å². The molecule has 150 valence electrons. The summed E-state index contributed by atoms with van der Waals surface area (Å²) in [7, 11) is 1.62. The van der Waals surface area contributed by atoms with Crippen molar-refractivity contribution in [3.8, 4) is 11.5 Å². The monoisotopic (exact) mass is 391 g/mol. The van der Waals surface area contributed by atoms with E-state index >= 15 is 0 Å². The van der Waals surface area contributed by atoms with Gasteiger partial charge in [0.25, 0.3) is 5.91 Å². The molecular formula is C24H25NO4. The number of hydrogen-bond donors (Lipinski definition) is 1. The average molecular weight is 391 g/mol. The fraction of sp³-hybridized carbons (Fsp3) is 0.292. The molecule has 0 spiro atoms. The fourth-order valence-electron chi connectivity index (χ4n) is 3.81. The van der Waals surface area contributed by atoms with Crippen molar-refractivity contribution in [3.05, 3.63) is 82.8 Å². The maximum absolute atomic E-state index is 12.9. The molecule has 0 aliphatic heterocycles. The Morgan fingerprint density at radius 3 is 2.69 bits per heavy atom. The second-order valence-corrected chi connectivity index (χ2v) is 7.26. The zero-order valence-corrected chi connectivity index (χ0v) is 16.7. The highest BCUT2D eigenvalue weighted by Crippen LogP contribution is 2.30. The Balaban J connectivity index is 1.41. The summed E-state index contributed by atoms with van der Waals surface area (Å²) in [6.07, 6.45) is 3.10. The zero-order chi connectivity index (χ0) is 20.2. The predicted molar refractivity (Wildman–Crippen MR) is 110 cm³/mol. The number of amides is 1. The Morgan fingerprint density at radius 1 is 1.14 bits per heavy atom. The summed E-state index contributed by atoms with van der Waals surface area (Å²) in [5, 5.41) is 3.18. The van der Waals surface area contributed by atoms with Gasteiger partial charge in [0.2, 0.25) is 0 Å². The minimum Gasteiger partial charge on any atom is -0.497 e. The minimum absolute atomic E-state index is 0.0424. The van der Waals surface area contributed by atoms with Gasteiger partial charge in [-0.1, -0.05) is 24.3 Å². The predicted octanol–water partition coefficient (Wildman–Crippen LogP) is 4.98. The highest BCUT2D eigenvalue weighted by molar-refractivity contribution is 5.95. The molecule has 0 fully saturated rings. The van der Waals surface area contributed by atoms with Gasteiger partial charge in [-0.25, -0.2) is 0 Å². The number of rotatable bonds is 6. The third-order valence-electron chi connectivity index (χ3n) is 5.33. The van der Waals surface area contributed by atoms with Crippen molar-refractivity contribution in [1.82, 2.24) is 5.32 Å². The third-order valence-corrected chi connectivity index (χ3v) is 5.33. The van der Waals surface area contributed by atoms with Crippen LogP contribution in [0.1, 0.15) is 51.9 Å². The van der Waals surface area contributed by atoms with E-state index in [2.05, 4.69) is 23.5 Å². The molecule has 1 heterocycles. The van der Waals surface area contributed by atoms with Gasteiger partial charge in [-0.15, -0.1) is 0 Å². The van der Waals surface area contributed by atoms with Crippen LogP contribution in [-0.4, -0.2) is 13.0 Å². The summed E-state index contributed by atoms with van der Waals surface area (Å²) in [5.41, 5.74) is 3.10. The second kappa shape index (κ2) is 8.43. The Morgan fingerprint density at radius 2 is 1.90 bits per heavy atom. The number of hydrogen-bond acceptors (Lipinski definition) is 4. The molecule has 1 atom stereocenters. The number of carbonyl (C=O) groups is 1. The highest BCUT2D eigenvalue weighted by Gasteiger charge is 2.24. The Labute approximate surface area is 170 Å². The fourth-order valence-corrected chi connectivity index (χ4v) is 3.81. The lowest BCUT2D eigenvalue weighted by atomic mass is 9.87. The van der Waals surface area contributed by atoms with E-state index in [-0.39, 0.29) is 18.6 Å². The van der Waals surface area contributed by atoms with E-state index in [4.69, 9.17) is 13.9 Å². The standard InChI is InChI=1S/C24H25NO4/c1-16-22(14-20(29-16)15-28-19-12-10-18(27-2)11-13-19)24(26)25-23-9-5-7-17-6-3-4-8-21(17)23/h3-4,6,8,10-14,23H,5,7,9,15H2,1-2H3,(H,25,26)/t23-/m0/s1. The topological polar surface area (TPSA) is 60.7 Å². The Hall–Kier alpha value is -3.21. The van der Waals surface area contributed by atoms with Crippen molar-refractivity contribution >= 4 is 5.91 Å². The number of methoxy groups -OCH3 is 1. The maximum Gasteiger partial charge on any atom is 0.255 e. The van der Waals surface area contributed by atoms with Crippen LogP contribution >= 0.6 is 0 Å². The number of carbonyl (C=O) groups excluding carboxylic acids is 1. The molecule has 29 heavy (non-hydrogen) atoms. The van der Waals surface area contributed by atoms with Crippen molar-refractivity contribution in [2.45, 2.75) is 38.8 Å². The number of furan rings is 1. The van der Waals surface area contributed by atoms with Gasteiger partial charge in [0.15, 0.2) is 0 Å². The number of aryl methyl sites for hydroxylation is 2. The molecule has 5 heteroatoms. The van der Waals surface area contributed by atoms with E-state index in [1.165, 1.54) is 11.1 Å². The highest BCUT2D eigenvalue weighted by atomic mass is 16.5. The molecule has 3 aromatic rings. The number of fused-ring (bicyclic) bond motifs is 1. The molecule has 1 N–H and O–H groups in total. The number of ether oxygens (including phenoxy) is 2. The first-order valence-corrected chi connectivity index (χ1v) is 9.89. The summed E-state index contributed by atoms with van der Waals surface area (Å²) < 4.78 is 16.6. The van der Waals surface area contributed by atoms with Crippen molar-refractivity contribution in [2.24, 2.45) is 0 Å². The van der Waals surface area contributed by atoms with Crippen molar-refractivity contribution in [3.63, 3.8) is 0 Å². The molecular weight excluding hydrogens is 366 g/mol. The van der Waals surface area contributed by atoms with E-state index in [0.29, 0.717) is 22.8 Å². The molecule has 1 aromatic heterocycles. The lowest BCUT2D eigenvalue weighted by Crippen LogP contribution is -2.31. The molecule has 5 nitrogen and oxygen atoms in total. The van der Waals surface area contributed by atoms with Gasteiger partial charge < -0.3 is 19.2 Å². The minimum atomic E-state index is -0.108. The van der Waals surface area contributed by atoms with Gasteiger partial charge in [0.1, 0.15) is 29.6 Å². The first-order valence-electron chi connectivity index (χ1n) is 9.89. The van der Waals surface area contributed by atoms with E-state index < -0.39 is 0 Å². The summed E-state index contributed by atoms with van der Waals surface area (Å²) >= 11 is 0. The average Bonchev–Trinajstić information content (AvgIpc) is 3.13. The molecule has 0 radical (unpaired) electrons. The summed E-state index contributed by atoms with van der Waals surface area (Å²) in [4.78, 5) is 12.9. The normalized spacial score (nSPS) is 15.4. The van der Waals surface area contributed by atoms with Gasteiger partial charge in [-0.3, -0.25) is 4.79 Å². The largest absolute Gasteiger partial charge is 0.497 e. The van der Waals surface area contributed by atoms with E-state index in [1.54, 1.807) is 20.1 Å². The maximum atomic E-state index is 12.9. The van der Waals surface area contributed by atoms with Crippen LogP contribution in [0.4, 0.5) is 0 Å². The molecule has 1 aliphatic carbocycles. The van der Waals surface area contributed by atoms with Crippen molar-refractivity contribution < 1.29 is 18.7 Å². The van der Waals surface area contributed by atoms with Crippen LogP contribution in [0.2, 0.25) is 0 Å². The van der Waals surface area contributed by atoms with Gasteiger partial charge in [-0.05, 0) is 67.6 Å². The lowest BCUT2D eigenvalue weighted by molar-refractivity contribution is 0.0931.